The Morgan fingerprint density at radius 1 is 0.378 bits per heavy atom. The van der Waals surface area contributed by atoms with Crippen LogP contribution in [0.15, 0.2) is 0 Å². The summed E-state index contributed by atoms with van der Waals surface area (Å²) in [7, 11) is -4.16. The molecule has 5 heterocycles. The summed E-state index contributed by atoms with van der Waals surface area (Å²) in [6, 6.07) is 0. The minimum absolute atomic E-state index is 0. The van der Waals surface area contributed by atoms with E-state index >= 15 is 0 Å². The summed E-state index contributed by atoms with van der Waals surface area (Å²) in [6.07, 6.45) is 18.9. The number of fused-ring (bicyclic) bond motifs is 20. The molecule has 13 heteroatoms. The monoisotopic (exact) mass is 684 g/mol. The first-order chi connectivity index (χ1) is 21.4. The van der Waals surface area contributed by atoms with Crippen LogP contribution in [-0.4, -0.2) is 67.5 Å². The number of hydrogen-bond donors (Lipinski definition) is 9. The molecule has 5 aliphatic heterocycles. The first-order valence-corrected chi connectivity index (χ1v) is 20.0. The molecule has 0 aromatic heterocycles. The van der Waals surface area contributed by atoms with Crippen LogP contribution in [0.1, 0.15) is 96.3 Å². The zero-order valence-electron chi connectivity index (χ0n) is 26.5. The molecule has 0 aromatic rings. The van der Waals surface area contributed by atoms with Gasteiger partial charge in [-0.15, -0.1) is 0 Å². The van der Waals surface area contributed by atoms with E-state index in [1.807, 2.05) is 0 Å². The molecule has 4 aliphatic carbocycles. The van der Waals surface area contributed by atoms with E-state index in [1.165, 1.54) is 77.0 Å². The van der Waals surface area contributed by atoms with Gasteiger partial charge in [-0.1, -0.05) is 44.9 Å². The molecule has 254 valence electrons. The average molecular weight is 685 g/mol. The number of rotatable bonds is 1. The molecule has 9 rings (SSSR count). The molecule has 4 saturated carbocycles. The molecule has 8 bridgehead atoms. The van der Waals surface area contributed by atoms with Crippen molar-refractivity contribution < 1.29 is 30.3 Å². The summed E-state index contributed by atoms with van der Waals surface area (Å²) in [5.41, 5.74) is 0. The van der Waals surface area contributed by atoms with E-state index in [4.69, 9.17) is 0 Å². The predicted molar refractivity (Wildman–Crippen MR) is 168 cm³/mol. The van der Waals surface area contributed by atoms with Gasteiger partial charge >= 0.3 is 0 Å². The molecule has 0 amide bonds. The maximum absolute atomic E-state index is 12.8. The Kier molecular flexibility index (Phi) is 9.18. The van der Waals surface area contributed by atoms with Crippen molar-refractivity contribution in [2.24, 2.45) is 47.3 Å². The topological polar surface area (TPSA) is 151 Å². The Hall–Kier alpha value is 0.122. The fourth-order valence-corrected chi connectivity index (χ4v) is 13.6. The van der Waals surface area contributed by atoms with Gasteiger partial charge in [-0.2, -0.15) is 8.42 Å². The van der Waals surface area contributed by atoms with Crippen molar-refractivity contribution in [1.82, 2.24) is 42.5 Å². The quantitative estimate of drug-likeness (QED) is 0.185. The fraction of sp³-hybridized carbons (Fsp3) is 1.00. The summed E-state index contributed by atoms with van der Waals surface area (Å²) in [5, 5.41) is 31.8. The van der Waals surface area contributed by atoms with E-state index in [-0.39, 0.29) is 66.2 Å². The third-order valence-corrected chi connectivity index (χ3v) is 15.5. The molecule has 0 aromatic carbocycles. The zero-order chi connectivity index (χ0) is 29.6. The molecule has 9 N–H and O–H groups in total. The maximum atomic E-state index is 12.8. The standard InChI is InChI=1S/C32H56N8O3S.Cr/c41-44(42,43)23-15-7-14-22-24(23)32-39-30-21-13-6-5-12-20(21)28(37-30)35-26-17-9-2-1-8-16(17)25(33-26)34-27-18-10-3-4-11-19(18)29(36-27)38-31(22)40-32;/h16-40H,1-15H2,(H,41,42,43);. The van der Waals surface area contributed by atoms with Gasteiger partial charge in [0, 0.05) is 23.3 Å². The van der Waals surface area contributed by atoms with Crippen molar-refractivity contribution in [1.29, 1.82) is 0 Å². The van der Waals surface area contributed by atoms with Crippen LogP contribution >= 0.6 is 0 Å². The minimum atomic E-state index is -4.16. The molecule has 9 fully saturated rings. The Bertz CT molecular complexity index is 1180. The molecular formula is C32H56CrN8O3S. The summed E-state index contributed by atoms with van der Waals surface area (Å²) in [4.78, 5) is 0. The number of nitrogens with one attached hydrogen (secondary N) is 8. The first-order valence-electron chi connectivity index (χ1n) is 18.5. The van der Waals surface area contributed by atoms with Crippen molar-refractivity contribution in [2.45, 2.75) is 151 Å². The number of hydrogen-bond acceptors (Lipinski definition) is 10. The van der Waals surface area contributed by atoms with Gasteiger partial charge in [-0.25, -0.2) is 0 Å². The van der Waals surface area contributed by atoms with Crippen LogP contribution in [0.4, 0.5) is 0 Å². The summed E-state index contributed by atoms with van der Waals surface area (Å²) in [5.74, 6) is 3.50. The van der Waals surface area contributed by atoms with E-state index in [2.05, 4.69) is 42.5 Å². The van der Waals surface area contributed by atoms with E-state index < -0.39 is 15.4 Å². The second-order valence-corrected chi connectivity index (χ2v) is 17.9. The Labute approximate surface area is 280 Å². The predicted octanol–water partition coefficient (Wildman–Crippen LogP) is 1.47. The van der Waals surface area contributed by atoms with Gasteiger partial charge in [0.05, 0.1) is 54.6 Å². The van der Waals surface area contributed by atoms with Gasteiger partial charge in [0.1, 0.15) is 0 Å². The van der Waals surface area contributed by atoms with Gasteiger partial charge in [-0.3, -0.25) is 47.1 Å². The van der Waals surface area contributed by atoms with Crippen LogP contribution in [-0.2, 0) is 27.5 Å². The largest absolute Gasteiger partial charge is 0.286 e. The molecule has 17 unspecified atom stereocenters. The molecule has 0 spiro atoms. The SMILES string of the molecule is O=S(=O)(O)C1CCCC2C3NC4NC(NC5NC(NC6NC(NC(N3)C21)C1CCCCC61)C1CCCCC51)C1CCCCC41.[Cr]. The molecule has 5 saturated heterocycles. The van der Waals surface area contributed by atoms with E-state index in [0.29, 0.717) is 54.3 Å². The average Bonchev–Trinajstić information content (AvgIpc) is 3.76. The Balaban J connectivity index is 0.00000300. The zero-order valence-corrected chi connectivity index (χ0v) is 28.6. The van der Waals surface area contributed by atoms with Crippen molar-refractivity contribution in [3.63, 3.8) is 0 Å². The van der Waals surface area contributed by atoms with Gasteiger partial charge in [0.15, 0.2) is 0 Å². The second-order valence-electron chi connectivity index (χ2n) is 16.2. The smallest absolute Gasteiger partial charge is 0.268 e. The fourth-order valence-electron chi connectivity index (χ4n) is 12.3. The summed E-state index contributed by atoms with van der Waals surface area (Å²) >= 11 is 0. The molecule has 17 atom stereocenters. The van der Waals surface area contributed by atoms with Gasteiger partial charge < -0.3 is 0 Å². The van der Waals surface area contributed by atoms with E-state index in [9.17, 15) is 13.0 Å². The second kappa shape index (κ2) is 12.8. The Morgan fingerprint density at radius 3 is 0.956 bits per heavy atom. The maximum Gasteiger partial charge on any atom is 0.268 e. The molecule has 9 aliphatic rings. The summed E-state index contributed by atoms with van der Waals surface area (Å²) < 4.78 is 36.1. The summed E-state index contributed by atoms with van der Waals surface area (Å²) in [6.45, 7) is 0. The molecule has 11 nitrogen and oxygen atoms in total. The van der Waals surface area contributed by atoms with Crippen LogP contribution in [0.25, 0.3) is 0 Å². The first kappa shape index (κ1) is 32.3. The van der Waals surface area contributed by atoms with Crippen LogP contribution in [0, 0.1) is 47.3 Å². The van der Waals surface area contributed by atoms with Crippen molar-refractivity contribution >= 4 is 10.1 Å². The van der Waals surface area contributed by atoms with Gasteiger partial charge in [0.2, 0.25) is 0 Å². The molecule has 45 heavy (non-hydrogen) atoms. The van der Waals surface area contributed by atoms with Crippen molar-refractivity contribution in [3.8, 4) is 0 Å². The normalized spacial score (nSPS) is 54.3. The minimum Gasteiger partial charge on any atom is -0.286 e. The molecule has 0 radical (unpaired) electrons. The third-order valence-electron chi connectivity index (χ3n) is 14.2. The van der Waals surface area contributed by atoms with E-state index in [1.54, 1.807) is 0 Å². The van der Waals surface area contributed by atoms with Gasteiger partial charge in [0.25, 0.3) is 10.1 Å². The molecular weight excluding hydrogens is 628 g/mol. The van der Waals surface area contributed by atoms with E-state index in [0.717, 1.165) is 12.8 Å². The van der Waals surface area contributed by atoms with Crippen LogP contribution < -0.4 is 42.5 Å². The van der Waals surface area contributed by atoms with Crippen LogP contribution in [0.2, 0.25) is 0 Å². The van der Waals surface area contributed by atoms with Crippen molar-refractivity contribution in [3.05, 3.63) is 0 Å². The van der Waals surface area contributed by atoms with Gasteiger partial charge in [-0.05, 0) is 92.8 Å². The van der Waals surface area contributed by atoms with Crippen LogP contribution in [0.5, 0.6) is 0 Å². The Morgan fingerprint density at radius 2 is 0.644 bits per heavy atom. The van der Waals surface area contributed by atoms with Crippen molar-refractivity contribution in [2.75, 3.05) is 0 Å². The van der Waals surface area contributed by atoms with Crippen LogP contribution in [0.3, 0.4) is 0 Å². The third kappa shape index (κ3) is 5.71.